The number of nitrogens with zero attached hydrogens (tertiary/aromatic N) is 2. The van der Waals surface area contributed by atoms with E-state index in [0.29, 0.717) is 11.4 Å². The largest absolute Gasteiger partial charge is 0.467 e. The first-order chi connectivity index (χ1) is 8.46. The lowest BCUT2D eigenvalue weighted by atomic mass is 10.0. The number of esters is 1. The van der Waals surface area contributed by atoms with Gasteiger partial charge in [-0.15, -0.1) is 16.5 Å². The van der Waals surface area contributed by atoms with Gasteiger partial charge in [0.1, 0.15) is 6.04 Å². The van der Waals surface area contributed by atoms with Gasteiger partial charge < -0.3 is 10.1 Å². The molecule has 2 amide bonds. The predicted molar refractivity (Wildman–Crippen MR) is 67.0 cm³/mol. The quantitative estimate of drug-likeness (QED) is 0.331. The summed E-state index contributed by atoms with van der Waals surface area (Å²) in [6, 6.07) is -1.57. The Labute approximate surface area is 111 Å². The standard InChI is InChI=1S/C10H18ClN3O4/c1-7(2)6-8(9(15)18-3)12-10(16)14(13-17)5-4-11/h7-8H,4-6H2,1-3H3,(H,12,16)/t8-/m0/s1. The van der Waals surface area contributed by atoms with Gasteiger partial charge in [0.2, 0.25) is 0 Å². The van der Waals surface area contributed by atoms with E-state index in [4.69, 9.17) is 11.6 Å². The molecule has 0 aliphatic carbocycles. The van der Waals surface area contributed by atoms with Crippen LogP contribution in [0.25, 0.3) is 0 Å². The van der Waals surface area contributed by atoms with Crippen molar-refractivity contribution in [3.63, 3.8) is 0 Å². The van der Waals surface area contributed by atoms with Crippen molar-refractivity contribution in [1.82, 2.24) is 10.3 Å². The molecule has 1 N–H and O–H groups in total. The third kappa shape index (κ3) is 5.81. The van der Waals surface area contributed by atoms with Gasteiger partial charge in [-0.1, -0.05) is 13.8 Å². The summed E-state index contributed by atoms with van der Waals surface area (Å²) in [5.41, 5.74) is 0. The molecular weight excluding hydrogens is 262 g/mol. The van der Waals surface area contributed by atoms with E-state index in [1.165, 1.54) is 7.11 Å². The number of methoxy groups -OCH3 is 1. The molecule has 0 spiro atoms. The van der Waals surface area contributed by atoms with Crippen molar-refractivity contribution in [2.75, 3.05) is 19.5 Å². The number of hydrogen-bond acceptors (Lipinski definition) is 5. The van der Waals surface area contributed by atoms with Crippen LogP contribution in [-0.2, 0) is 9.53 Å². The Morgan fingerprint density at radius 1 is 1.44 bits per heavy atom. The van der Waals surface area contributed by atoms with Crippen molar-refractivity contribution in [1.29, 1.82) is 0 Å². The molecule has 0 fully saturated rings. The summed E-state index contributed by atoms with van der Waals surface area (Å²) in [4.78, 5) is 33.5. The van der Waals surface area contributed by atoms with Gasteiger partial charge >= 0.3 is 12.0 Å². The third-order valence-electron chi connectivity index (χ3n) is 2.12. The molecule has 8 heteroatoms. The Morgan fingerprint density at radius 2 is 2.06 bits per heavy atom. The van der Waals surface area contributed by atoms with Crippen LogP contribution in [0, 0.1) is 10.8 Å². The number of amides is 2. The molecule has 0 saturated heterocycles. The van der Waals surface area contributed by atoms with Crippen molar-refractivity contribution in [2.45, 2.75) is 26.3 Å². The molecule has 0 aromatic heterocycles. The van der Waals surface area contributed by atoms with Crippen LogP contribution in [0.3, 0.4) is 0 Å². The van der Waals surface area contributed by atoms with E-state index in [0.717, 1.165) is 0 Å². The Morgan fingerprint density at radius 3 is 2.44 bits per heavy atom. The Kier molecular flexibility index (Phi) is 8.02. The Hall–Kier alpha value is -1.37. The second-order valence-electron chi connectivity index (χ2n) is 4.05. The van der Waals surface area contributed by atoms with Crippen molar-refractivity contribution in [3.05, 3.63) is 4.91 Å². The number of nitroso groups, excluding NO2 is 1. The van der Waals surface area contributed by atoms with Gasteiger partial charge in [-0.3, -0.25) is 0 Å². The van der Waals surface area contributed by atoms with Crippen LogP contribution < -0.4 is 5.32 Å². The maximum atomic E-state index is 11.6. The lowest BCUT2D eigenvalue weighted by Gasteiger charge is -2.20. The third-order valence-corrected chi connectivity index (χ3v) is 2.29. The highest BCUT2D eigenvalue weighted by atomic mass is 35.5. The number of carbonyl (C=O) groups excluding carboxylic acids is 2. The summed E-state index contributed by atoms with van der Waals surface area (Å²) in [5, 5.41) is 5.55. The molecule has 1 atom stereocenters. The van der Waals surface area contributed by atoms with Gasteiger partial charge in [-0.2, -0.15) is 5.01 Å². The summed E-state index contributed by atoms with van der Waals surface area (Å²) in [7, 11) is 1.23. The van der Waals surface area contributed by atoms with Crippen molar-refractivity contribution in [2.24, 2.45) is 11.2 Å². The summed E-state index contributed by atoms with van der Waals surface area (Å²) in [6.07, 6.45) is 0.409. The van der Waals surface area contributed by atoms with Gasteiger partial charge in [0.05, 0.1) is 18.9 Å². The van der Waals surface area contributed by atoms with Gasteiger partial charge in [0, 0.05) is 5.88 Å². The van der Waals surface area contributed by atoms with Crippen LogP contribution in [0.2, 0.25) is 0 Å². The van der Waals surface area contributed by atoms with E-state index in [-0.39, 0.29) is 18.3 Å². The minimum Gasteiger partial charge on any atom is -0.467 e. The fraction of sp³-hybridized carbons (Fsp3) is 0.800. The molecule has 0 saturated carbocycles. The second kappa shape index (κ2) is 8.68. The average Bonchev–Trinajstić information content (AvgIpc) is 2.33. The number of halogens is 1. The lowest BCUT2D eigenvalue weighted by Crippen LogP contribution is -2.47. The van der Waals surface area contributed by atoms with E-state index in [1.807, 2.05) is 13.8 Å². The second-order valence-corrected chi connectivity index (χ2v) is 4.43. The van der Waals surface area contributed by atoms with Crippen LogP contribution in [0.15, 0.2) is 5.29 Å². The highest BCUT2D eigenvalue weighted by molar-refractivity contribution is 6.18. The maximum absolute atomic E-state index is 11.6. The van der Waals surface area contributed by atoms with E-state index in [9.17, 15) is 14.5 Å². The number of nitrogens with one attached hydrogen (secondary N) is 1. The highest BCUT2D eigenvalue weighted by Gasteiger charge is 2.25. The molecule has 0 aromatic carbocycles. The summed E-state index contributed by atoms with van der Waals surface area (Å²) in [6.45, 7) is 3.78. The van der Waals surface area contributed by atoms with Crippen molar-refractivity contribution >= 4 is 23.6 Å². The zero-order chi connectivity index (χ0) is 14.1. The van der Waals surface area contributed by atoms with Crippen LogP contribution in [0.1, 0.15) is 20.3 Å². The molecule has 0 aromatic rings. The first-order valence-corrected chi connectivity index (χ1v) is 6.04. The number of ether oxygens (including phenoxy) is 1. The van der Waals surface area contributed by atoms with Crippen LogP contribution >= 0.6 is 11.6 Å². The minimum absolute atomic E-state index is 0.0214. The molecule has 18 heavy (non-hydrogen) atoms. The van der Waals surface area contributed by atoms with Gasteiger partial charge in [0.15, 0.2) is 0 Å². The topological polar surface area (TPSA) is 88.1 Å². The SMILES string of the molecule is COC(=O)[C@H](CC(C)C)NC(=O)N(CCCl)N=O. The van der Waals surface area contributed by atoms with Crippen LogP contribution in [0.4, 0.5) is 4.79 Å². The Bertz CT molecular complexity index is 299. The van der Waals surface area contributed by atoms with E-state index in [2.05, 4.69) is 15.3 Å². The first-order valence-electron chi connectivity index (χ1n) is 5.51. The normalized spacial score (nSPS) is 11.8. The molecule has 0 rings (SSSR count). The summed E-state index contributed by atoms with van der Waals surface area (Å²) in [5.74, 6) is -0.305. The smallest absolute Gasteiger partial charge is 0.341 e. The highest BCUT2D eigenvalue weighted by Crippen LogP contribution is 2.07. The molecule has 104 valence electrons. The summed E-state index contributed by atoms with van der Waals surface area (Å²) < 4.78 is 4.58. The van der Waals surface area contributed by atoms with Crippen LogP contribution in [-0.4, -0.2) is 42.6 Å². The fourth-order valence-electron chi connectivity index (χ4n) is 1.31. The number of rotatable bonds is 7. The molecular formula is C10H18ClN3O4. The zero-order valence-electron chi connectivity index (χ0n) is 10.7. The van der Waals surface area contributed by atoms with Crippen molar-refractivity contribution in [3.8, 4) is 0 Å². The van der Waals surface area contributed by atoms with Gasteiger partial charge in [-0.05, 0) is 12.3 Å². The number of urea groups is 1. The predicted octanol–water partition coefficient (Wildman–Crippen LogP) is 1.51. The molecule has 0 unspecified atom stereocenters. The number of alkyl halides is 1. The maximum Gasteiger partial charge on any atom is 0.341 e. The minimum atomic E-state index is -0.804. The molecule has 0 heterocycles. The monoisotopic (exact) mass is 279 g/mol. The molecule has 7 nitrogen and oxygen atoms in total. The number of hydrogen-bond donors (Lipinski definition) is 1. The van der Waals surface area contributed by atoms with E-state index < -0.39 is 18.0 Å². The van der Waals surface area contributed by atoms with E-state index >= 15 is 0 Å². The molecule has 0 bridgehead atoms. The number of carbonyl (C=O) groups is 2. The zero-order valence-corrected chi connectivity index (χ0v) is 11.4. The molecule has 0 aliphatic heterocycles. The average molecular weight is 280 g/mol. The summed E-state index contributed by atoms with van der Waals surface area (Å²) >= 11 is 5.42. The fourth-order valence-corrected chi connectivity index (χ4v) is 1.47. The van der Waals surface area contributed by atoms with Crippen LogP contribution in [0.5, 0.6) is 0 Å². The van der Waals surface area contributed by atoms with Gasteiger partial charge in [0.25, 0.3) is 0 Å². The molecule has 0 radical (unpaired) electrons. The molecule has 0 aliphatic rings. The first kappa shape index (κ1) is 16.6. The van der Waals surface area contributed by atoms with E-state index in [1.54, 1.807) is 0 Å². The Balaban J connectivity index is 4.60. The van der Waals surface area contributed by atoms with Crippen molar-refractivity contribution < 1.29 is 14.3 Å². The van der Waals surface area contributed by atoms with Gasteiger partial charge in [-0.25, -0.2) is 9.59 Å². The lowest BCUT2D eigenvalue weighted by molar-refractivity contribution is -0.143.